The van der Waals surface area contributed by atoms with E-state index in [0.717, 1.165) is 13.1 Å². The summed E-state index contributed by atoms with van der Waals surface area (Å²) in [5.74, 6) is 1.06. The van der Waals surface area contributed by atoms with E-state index in [2.05, 4.69) is 28.9 Å². The van der Waals surface area contributed by atoms with Gasteiger partial charge < -0.3 is 18.9 Å². The van der Waals surface area contributed by atoms with Crippen molar-refractivity contribution < 1.29 is 18.8 Å². The predicted molar refractivity (Wildman–Crippen MR) is 96.9 cm³/mol. The Labute approximate surface area is 155 Å². The van der Waals surface area contributed by atoms with Crippen LogP contribution in [0.2, 0.25) is 0 Å². The van der Waals surface area contributed by atoms with Gasteiger partial charge in [-0.05, 0) is 41.5 Å². The van der Waals surface area contributed by atoms with Crippen molar-refractivity contribution in [3.05, 3.63) is 11.7 Å². The van der Waals surface area contributed by atoms with Crippen LogP contribution in [0, 0.1) is 0 Å². The zero-order valence-electron chi connectivity index (χ0n) is 17.0. The normalized spacial score (nSPS) is 20.2. The number of hydrogen-bond donors (Lipinski definition) is 0. The van der Waals surface area contributed by atoms with Crippen molar-refractivity contribution in [2.24, 2.45) is 0 Å². The predicted octanol–water partition coefficient (Wildman–Crippen LogP) is 2.65. The molecule has 0 aliphatic carbocycles. The average molecular weight is 368 g/mol. The van der Waals surface area contributed by atoms with E-state index >= 15 is 0 Å². The quantitative estimate of drug-likeness (QED) is 0.790. The third-order valence-corrected chi connectivity index (χ3v) is 4.41. The van der Waals surface area contributed by atoms with Crippen LogP contribution in [0.1, 0.15) is 59.4 Å². The third-order valence-electron chi connectivity index (χ3n) is 4.41. The van der Waals surface area contributed by atoms with Crippen molar-refractivity contribution in [3.63, 3.8) is 0 Å². The van der Waals surface area contributed by atoms with E-state index in [9.17, 15) is 4.79 Å². The lowest BCUT2D eigenvalue weighted by Gasteiger charge is -2.33. The van der Waals surface area contributed by atoms with Gasteiger partial charge in [-0.3, -0.25) is 4.90 Å². The van der Waals surface area contributed by atoms with Gasteiger partial charge in [-0.2, -0.15) is 4.98 Å². The summed E-state index contributed by atoms with van der Waals surface area (Å²) < 4.78 is 16.6. The number of carbonyl (C=O) groups excluding carboxylic acids is 1. The van der Waals surface area contributed by atoms with Crippen LogP contribution < -0.4 is 0 Å². The highest BCUT2D eigenvalue weighted by molar-refractivity contribution is 5.68. The molecule has 0 aromatic carbocycles. The standard InChI is InChI=1S/C18H32N4O4/c1-12(2)22-8-9-24-14(11-22)16-19-15(20-26-16)10-13(3)21(7)17(23)25-18(4,5)6/h12-14H,8-11H2,1-7H3/t13-,14-/m1/s1. The SMILES string of the molecule is CC(C)N1CCO[C@@H](c2nc(C[C@@H](C)N(C)C(=O)OC(C)(C)C)no2)C1. The highest BCUT2D eigenvalue weighted by Gasteiger charge is 2.29. The molecular formula is C18H32N4O4. The molecule has 8 nitrogen and oxygen atoms in total. The Morgan fingerprint density at radius 2 is 2.08 bits per heavy atom. The molecule has 1 saturated heterocycles. The summed E-state index contributed by atoms with van der Waals surface area (Å²) >= 11 is 0. The first-order chi connectivity index (χ1) is 12.1. The first-order valence-corrected chi connectivity index (χ1v) is 9.20. The number of aromatic nitrogens is 2. The minimum atomic E-state index is -0.523. The van der Waals surface area contributed by atoms with Gasteiger partial charge in [0.15, 0.2) is 5.82 Å². The number of hydrogen-bond acceptors (Lipinski definition) is 7. The van der Waals surface area contributed by atoms with Crippen molar-refractivity contribution in [2.75, 3.05) is 26.7 Å². The van der Waals surface area contributed by atoms with Crippen LogP contribution >= 0.6 is 0 Å². The van der Waals surface area contributed by atoms with E-state index in [1.54, 1.807) is 11.9 Å². The number of morpholine rings is 1. The van der Waals surface area contributed by atoms with E-state index in [0.29, 0.717) is 30.8 Å². The van der Waals surface area contributed by atoms with Gasteiger partial charge >= 0.3 is 6.09 Å². The summed E-state index contributed by atoms with van der Waals surface area (Å²) in [4.78, 5) is 20.5. The smallest absolute Gasteiger partial charge is 0.410 e. The molecule has 1 fully saturated rings. The van der Waals surface area contributed by atoms with Crippen molar-refractivity contribution in [3.8, 4) is 0 Å². The molecule has 2 rings (SSSR count). The van der Waals surface area contributed by atoms with Crippen LogP contribution in [0.25, 0.3) is 0 Å². The molecule has 1 aliphatic heterocycles. The molecule has 1 aromatic heterocycles. The van der Waals surface area contributed by atoms with Gasteiger partial charge in [0.2, 0.25) is 0 Å². The molecule has 1 aromatic rings. The van der Waals surface area contributed by atoms with Crippen molar-refractivity contribution in [1.82, 2.24) is 19.9 Å². The number of nitrogens with zero attached hydrogens (tertiary/aromatic N) is 4. The zero-order chi connectivity index (χ0) is 19.5. The minimum Gasteiger partial charge on any atom is -0.444 e. The van der Waals surface area contributed by atoms with Crippen LogP contribution in [0.15, 0.2) is 4.52 Å². The maximum Gasteiger partial charge on any atom is 0.410 e. The molecule has 26 heavy (non-hydrogen) atoms. The summed E-state index contributed by atoms with van der Waals surface area (Å²) in [7, 11) is 1.71. The fraction of sp³-hybridized carbons (Fsp3) is 0.833. The number of carbonyl (C=O) groups is 1. The molecule has 1 aliphatic rings. The second-order valence-electron chi connectivity index (χ2n) is 8.14. The Morgan fingerprint density at radius 1 is 1.38 bits per heavy atom. The summed E-state index contributed by atoms with van der Waals surface area (Å²) in [5, 5.41) is 4.05. The average Bonchev–Trinajstić information content (AvgIpc) is 3.01. The Morgan fingerprint density at radius 3 is 2.69 bits per heavy atom. The molecule has 0 N–H and O–H groups in total. The molecule has 1 amide bonds. The molecule has 0 unspecified atom stereocenters. The molecular weight excluding hydrogens is 336 g/mol. The molecule has 0 saturated carbocycles. The van der Waals surface area contributed by atoms with Gasteiger partial charge in [0.25, 0.3) is 5.89 Å². The Balaban J connectivity index is 1.94. The van der Waals surface area contributed by atoms with E-state index < -0.39 is 5.60 Å². The third kappa shape index (κ3) is 5.67. The van der Waals surface area contributed by atoms with Crippen LogP contribution in [0.5, 0.6) is 0 Å². The van der Waals surface area contributed by atoms with Crippen molar-refractivity contribution >= 4 is 6.09 Å². The van der Waals surface area contributed by atoms with Gasteiger partial charge in [0, 0.05) is 38.6 Å². The van der Waals surface area contributed by atoms with Crippen LogP contribution in [0.3, 0.4) is 0 Å². The lowest BCUT2D eigenvalue weighted by Crippen LogP contribution is -2.42. The van der Waals surface area contributed by atoms with Crippen molar-refractivity contribution in [1.29, 1.82) is 0 Å². The van der Waals surface area contributed by atoms with E-state index in [1.807, 2.05) is 27.7 Å². The van der Waals surface area contributed by atoms with E-state index in [4.69, 9.17) is 14.0 Å². The fourth-order valence-electron chi connectivity index (χ4n) is 2.68. The highest BCUT2D eigenvalue weighted by Crippen LogP contribution is 2.22. The zero-order valence-corrected chi connectivity index (χ0v) is 17.0. The number of amides is 1. The number of likely N-dealkylation sites (N-methyl/N-ethyl adjacent to an activating group) is 1. The molecule has 2 atom stereocenters. The highest BCUT2D eigenvalue weighted by atomic mass is 16.6. The molecule has 8 heteroatoms. The second kappa shape index (κ2) is 8.35. The van der Waals surface area contributed by atoms with Gasteiger partial charge in [0.05, 0.1) is 6.61 Å². The van der Waals surface area contributed by atoms with Crippen LogP contribution in [-0.2, 0) is 15.9 Å². The lowest BCUT2D eigenvalue weighted by molar-refractivity contribution is -0.0539. The minimum absolute atomic E-state index is 0.116. The monoisotopic (exact) mass is 368 g/mol. The summed E-state index contributed by atoms with van der Waals surface area (Å²) in [6, 6.07) is 0.334. The topological polar surface area (TPSA) is 80.9 Å². The van der Waals surface area contributed by atoms with Crippen molar-refractivity contribution in [2.45, 2.75) is 71.8 Å². The van der Waals surface area contributed by atoms with Gasteiger partial charge in [-0.1, -0.05) is 5.16 Å². The molecule has 2 heterocycles. The lowest BCUT2D eigenvalue weighted by atomic mass is 10.2. The van der Waals surface area contributed by atoms with Gasteiger partial charge in [0.1, 0.15) is 11.7 Å². The largest absolute Gasteiger partial charge is 0.444 e. The fourth-order valence-corrected chi connectivity index (χ4v) is 2.68. The summed E-state index contributed by atoms with van der Waals surface area (Å²) in [6.45, 7) is 14.1. The van der Waals surface area contributed by atoms with E-state index in [-0.39, 0.29) is 18.2 Å². The molecule has 0 bridgehead atoms. The Bertz CT molecular complexity index is 596. The number of rotatable bonds is 5. The Kier molecular flexibility index (Phi) is 6.63. The first kappa shape index (κ1) is 20.6. The Hall–Kier alpha value is -1.67. The number of ether oxygens (including phenoxy) is 2. The maximum atomic E-state index is 12.2. The van der Waals surface area contributed by atoms with Gasteiger partial charge in [-0.15, -0.1) is 0 Å². The first-order valence-electron chi connectivity index (χ1n) is 9.20. The molecule has 0 spiro atoms. The summed E-state index contributed by atoms with van der Waals surface area (Å²) in [5.41, 5.74) is -0.523. The van der Waals surface area contributed by atoms with E-state index in [1.165, 1.54) is 0 Å². The van der Waals surface area contributed by atoms with Crippen LogP contribution in [-0.4, -0.2) is 70.5 Å². The maximum absolute atomic E-state index is 12.2. The molecule has 0 radical (unpaired) electrons. The van der Waals surface area contributed by atoms with Crippen LogP contribution in [0.4, 0.5) is 4.79 Å². The van der Waals surface area contributed by atoms with Gasteiger partial charge in [-0.25, -0.2) is 4.79 Å². The second-order valence-corrected chi connectivity index (χ2v) is 8.14. The molecule has 148 valence electrons. The summed E-state index contributed by atoms with van der Waals surface area (Å²) in [6.07, 6.45) is -0.0805.